The van der Waals surface area contributed by atoms with Crippen LogP contribution in [0.2, 0.25) is 0 Å². The fourth-order valence-corrected chi connectivity index (χ4v) is 3.39. The van der Waals surface area contributed by atoms with Crippen molar-refractivity contribution in [3.05, 3.63) is 35.2 Å². The number of hydrogen-bond donors (Lipinski definition) is 1. The van der Waals surface area contributed by atoms with E-state index in [1.807, 2.05) is 24.9 Å². The van der Waals surface area contributed by atoms with E-state index >= 15 is 0 Å². The summed E-state index contributed by atoms with van der Waals surface area (Å²) in [5.74, 6) is 1.31. The fraction of sp³-hybridized carbons (Fsp3) is 0.562. The normalized spacial score (nSPS) is 22.6. The molecule has 0 aromatic carbocycles. The second-order valence-electron chi connectivity index (χ2n) is 6.42. The SMILES string of the molecule is Cc1noc(C2COCCN2C2CN(C(=O)c3c[nH]cc3C)C2)n1. The van der Waals surface area contributed by atoms with E-state index in [0.717, 1.165) is 17.7 Å². The molecule has 1 atom stereocenters. The van der Waals surface area contributed by atoms with E-state index in [0.29, 0.717) is 44.1 Å². The van der Waals surface area contributed by atoms with Crippen LogP contribution in [0.15, 0.2) is 16.9 Å². The van der Waals surface area contributed by atoms with E-state index in [2.05, 4.69) is 20.0 Å². The number of carbonyl (C=O) groups excluding carboxylic acids is 1. The van der Waals surface area contributed by atoms with Crippen molar-refractivity contribution in [1.29, 1.82) is 0 Å². The Morgan fingerprint density at radius 1 is 1.33 bits per heavy atom. The van der Waals surface area contributed by atoms with Gasteiger partial charge in [-0.2, -0.15) is 4.98 Å². The number of aromatic amines is 1. The van der Waals surface area contributed by atoms with Crippen LogP contribution in [-0.2, 0) is 4.74 Å². The molecule has 1 unspecified atom stereocenters. The van der Waals surface area contributed by atoms with Gasteiger partial charge in [0.25, 0.3) is 5.91 Å². The lowest BCUT2D eigenvalue weighted by Gasteiger charge is -2.48. The number of nitrogens with one attached hydrogen (secondary N) is 1. The van der Waals surface area contributed by atoms with Crippen LogP contribution in [0, 0.1) is 13.8 Å². The first-order chi connectivity index (χ1) is 11.6. The summed E-state index contributed by atoms with van der Waals surface area (Å²) in [6, 6.07) is 0.269. The molecule has 0 saturated carbocycles. The molecule has 0 bridgehead atoms. The minimum Gasteiger partial charge on any atom is -0.378 e. The molecule has 2 fully saturated rings. The van der Waals surface area contributed by atoms with Crippen LogP contribution in [0.25, 0.3) is 0 Å². The summed E-state index contributed by atoms with van der Waals surface area (Å²) in [4.78, 5) is 24.1. The molecule has 128 valence electrons. The number of aryl methyl sites for hydroxylation is 2. The largest absolute Gasteiger partial charge is 0.378 e. The topological polar surface area (TPSA) is 87.5 Å². The molecule has 2 aromatic heterocycles. The van der Waals surface area contributed by atoms with Crippen LogP contribution in [0.3, 0.4) is 0 Å². The van der Waals surface area contributed by atoms with Crippen molar-refractivity contribution in [2.24, 2.45) is 0 Å². The summed E-state index contributed by atoms with van der Waals surface area (Å²) < 4.78 is 10.9. The number of rotatable bonds is 3. The Morgan fingerprint density at radius 2 is 2.17 bits per heavy atom. The number of aromatic nitrogens is 3. The van der Waals surface area contributed by atoms with Crippen LogP contribution in [0.5, 0.6) is 0 Å². The van der Waals surface area contributed by atoms with Crippen molar-refractivity contribution in [2.75, 3.05) is 32.8 Å². The highest BCUT2D eigenvalue weighted by Crippen LogP contribution is 2.29. The Kier molecular flexibility index (Phi) is 3.85. The Hall–Kier alpha value is -2.19. The van der Waals surface area contributed by atoms with Crippen LogP contribution in [0.4, 0.5) is 0 Å². The Bertz CT molecular complexity index is 734. The lowest BCUT2D eigenvalue weighted by atomic mass is 10.0. The number of likely N-dealkylation sites (tertiary alicyclic amines) is 1. The number of nitrogens with zero attached hydrogens (tertiary/aromatic N) is 4. The minimum atomic E-state index is -0.0313. The highest BCUT2D eigenvalue weighted by Gasteiger charge is 2.41. The molecule has 1 amide bonds. The number of morpholine rings is 1. The highest BCUT2D eigenvalue weighted by molar-refractivity contribution is 5.96. The molecule has 2 saturated heterocycles. The fourth-order valence-electron chi connectivity index (χ4n) is 3.39. The first kappa shape index (κ1) is 15.3. The molecule has 1 N–H and O–H groups in total. The maximum Gasteiger partial charge on any atom is 0.255 e. The third-order valence-electron chi connectivity index (χ3n) is 4.80. The number of hydrogen-bond acceptors (Lipinski definition) is 6. The third kappa shape index (κ3) is 2.61. The predicted octanol–water partition coefficient (Wildman–Crippen LogP) is 0.912. The van der Waals surface area contributed by atoms with Crippen LogP contribution in [0.1, 0.15) is 33.7 Å². The Morgan fingerprint density at radius 3 is 2.83 bits per heavy atom. The third-order valence-corrected chi connectivity index (χ3v) is 4.80. The zero-order valence-corrected chi connectivity index (χ0v) is 13.9. The lowest BCUT2D eigenvalue weighted by Crippen LogP contribution is -2.63. The van der Waals surface area contributed by atoms with Gasteiger partial charge < -0.3 is 19.1 Å². The zero-order valence-electron chi connectivity index (χ0n) is 13.9. The first-order valence-electron chi connectivity index (χ1n) is 8.20. The maximum atomic E-state index is 12.5. The van der Waals surface area contributed by atoms with Gasteiger partial charge in [-0.1, -0.05) is 5.16 Å². The molecule has 4 heterocycles. The standard InChI is InChI=1S/C16H21N5O3/c1-10-5-17-6-13(10)16(22)20-7-12(8-20)21-3-4-23-9-14(21)15-18-11(2)19-24-15/h5-6,12,14,17H,3-4,7-9H2,1-2H3. The molecule has 0 aliphatic carbocycles. The second kappa shape index (κ2) is 6.03. The summed E-state index contributed by atoms with van der Waals surface area (Å²) >= 11 is 0. The molecule has 2 aliphatic rings. The van der Waals surface area contributed by atoms with E-state index in [1.54, 1.807) is 6.20 Å². The highest BCUT2D eigenvalue weighted by atomic mass is 16.5. The smallest absolute Gasteiger partial charge is 0.255 e. The average molecular weight is 331 g/mol. The van der Waals surface area contributed by atoms with Crippen LogP contribution >= 0.6 is 0 Å². The first-order valence-corrected chi connectivity index (χ1v) is 8.20. The van der Waals surface area contributed by atoms with E-state index in [9.17, 15) is 4.79 Å². The monoisotopic (exact) mass is 331 g/mol. The number of ether oxygens (including phenoxy) is 1. The van der Waals surface area contributed by atoms with Gasteiger partial charge >= 0.3 is 0 Å². The molecule has 24 heavy (non-hydrogen) atoms. The number of H-pyrrole nitrogens is 1. The van der Waals surface area contributed by atoms with E-state index in [4.69, 9.17) is 9.26 Å². The van der Waals surface area contributed by atoms with Crippen molar-refractivity contribution in [3.63, 3.8) is 0 Å². The molecule has 2 aromatic rings. The lowest BCUT2D eigenvalue weighted by molar-refractivity contribution is -0.0712. The molecule has 8 nitrogen and oxygen atoms in total. The number of carbonyl (C=O) groups is 1. The predicted molar refractivity (Wildman–Crippen MR) is 84.5 cm³/mol. The Labute approximate surface area is 139 Å². The van der Waals surface area contributed by atoms with Gasteiger partial charge in [0.05, 0.1) is 18.8 Å². The number of amides is 1. The quantitative estimate of drug-likeness (QED) is 0.899. The van der Waals surface area contributed by atoms with Crippen LogP contribution in [-0.4, -0.2) is 69.7 Å². The van der Waals surface area contributed by atoms with Gasteiger partial charge in [0.1, 0.15) is 6.04 Å². The molecule has 0 radical (unpaired) electrons. The summed E-state index contributed by atoms with van der Waals surface area (Å²) in [5, 5.41) is 3.88. The van der Waals surface area contributed by atoms with Gasteiger partial charge in [-0.25, -0.2) is 0 Å². The van der Waals surface area contributed by atoms with E-state index < -0.39 is 0 Å². The van der Waals surface area contributed by atoms with Crippen molar-refractivity contribution in [1.82, 2.24) is 24.9 Å². The second-order valence-corrected chi connectivity index (χ2v) is 6.42. The van der Waals surface area contributed by atoms with Crippen molar-refractivity contribution >= 4 is 5.91 Å². The van der Waals surface area contributed by atoms with E-state index in [1.165, 1.54) is 0 Å². The average Bonchev–Trinajstić information content (AvgIpc) is 3.14. The van der Waals surface area contributed by atoms with Crippen molar-refractivity contribution < 1.29 is 14.1 Å². The molecule has 0 spiro atoms. The van der Waals surface area contributed by atoms with Gasteiger partial charge in [0, 0.05) is 38.1 Å². The van der Waals surface area contributed by atoms with Gasteiger partial charge in [-0.3, -0.25) is 9.69 Å². The van der Waals surface area contributed by atoms with Gasteiger partial charge in [-0.15, -0.1) is 0 Å². The minimum absolute atomic E-state index is 0.0313. The molecular weight excluding hydrogens is 310 g/mol. The van der Waals surface area contributed by atoms with Crippen LogP contribution < -0.4 is 0 Å². The summed E-state index contributed by atoms with van der Waals surface area (Å²) in [6.07, 6.45) is 3.62. The summed E-state index contributed by atoms with van der Waals surface area (Å²) in [5.41, 5.74) is 1.73. The molecule has 2 aliphatic heterocycles. The zero-order chi connectivity index (χ0) is 16.7. The molecule has 8 heteroatoms. The maximum absolute atomic E-state index is 12.5. The van der Waals surface area contributed by atoms with Crippen molar-refractivity contribution in [2.45, 2.75) is 25.9 Å². The van der Waals surface area contributed by atoms with Gasteiger partial charge in [-0.05, 0) is 19.4 Å². The summed E-state index contributed by atoms with van der Waals surface area (Å²) in [6.45, 7) is 7.22. The molecule has 4 rings (SSSR count). The van der Waals surface area contributed by atoms with Gasteiger partial charge in [0.2, 0.25) is 5.89 Å². The Balaban J connectivity index is 1.43. The van der Waals surface area contributed by atoms with Crippen molar-refractivity contribution in [3.8, 4) is 0 Å². The van der Waals surface area contributed by atoms with Gasteiger partial charge in [0.15, 0.2) is 5.82 Å². The molecular formula is C16H21N5O3. The van der Waals surface area contributed by atoms with E-state index in [-0.39, 0.29) is 11.9 Å². The summed E-state index contributed by atoms with van der Waals surface area (Å²) in [7, 11) is 0.